The van der Waals surface area contributed by atoms with Gasteiger partial charge in [-0.2, -0.15) is 4.98 Å². The largest absolute Gasteiger partial charge is 0.350 e. The summed E-state index contributed by atoms with van der Waals surface area (Å²) >= 11 is 0. The number of carbonyl (C=O) groups is 2. The summed E-state index contributed by atoms with van der Waals surface area (Å²) in [6.07, 6.45) is 3.30. The highest BCUT2D eigenvalue weighted by molar-refractivity contribution is 5.94. The van der Waals surface area contributed by atoms with E-state index in [1.807, 2.05) is 31.2 Å². The van der Waals surface area contributed by atoms with E-state index >= 15 is 0 Å². The van der Waals surface area contributed by atoms with E-state index in [4.69, 9.17) is 4.52 Å². The molecule has 3 aromatic rings. The minimum absolute atomic E-state index is 0.0677. The van der Waals surface area contributed by atoms with Gasteiger partial charge in [0.1, 0.15) is 5.82 Å². The van der Waals surface area contributed by atoms with Crippen molar-refractivity contribution in [3.05, 3.63) is 65.8 Å². The number of amides is 2. The van der Waals surface area contributed by atoms with Gasteiger partial charge in [0, 0.05) is 30.0 Å². The van der Waals surface area contributed by atoms with E-state index in [0.29, 0.717) is 36.5 Å². The van der Waals surface area contributed by atoms with E-state index in [2.05, 4.69) is 20.8 Å². The van der Waals surface area contributed by atoms with Crippen molar-refractivity contribution in [3.8, 4) is 11.4 Å². The van der Waals surface area contributed by atoms with Gasteiger partial charge in [-0.3, -0.25) is 9.59 Å². The predicted octanol–water partition coefficient (Wildman–Crippen LogP) is 4.42. The van der Waals surface area contributed by atoms with Gasteiger partial charge in [-0.25, -0.2) is 4.39 Å². The Morgan fingerprint density at radius 1 is 1.12 bits per heavy atom. The zero-order chi connectivity index (χ0) is 22.5. The quantitative estimate of drug-likeness (QED) is 0.517. The zero-order valence-corrected chi connectivity index (χ0v) is 17.8. The summed E-state index contributed by atoms with van der Waals surface area (Å²) < 4.78 is 18.2. The first-order valence-corrected chi connectivity index (χ1v) is 10.8. The van der Waals surface area contributed by atoms with Crippen LogP contribution in [0.2, 0.25) is 0 Å². The second-order valence-corrected chi connectivity index (χ2v) is 8.05. The van der Waals surface area contributed by atoms with Gasteiger partial charge in [0.05, 0.1) is 6.04 Å². The SMILES string of the molecule is CC(NC(=O)CCCc1nc(-c2ccc(F)cc2)no1)c1ccc(NC(=O)C2CC2)cc1. The third-order valence-corrected chi connectivity index (χ3v) is 5.37. The van der Waals surface area contributed by atoms with Gasteiger partial charge >= 0.3 is 0 Å². The maximum Gasteiger partial charge on any atom is 0.227 e. The number of nitrogens with one attached hydrogen (secondary N) is 2. The Kier molecular flexibility index (Phi) is 6.58. The number of nitrogens with zero attached hydrogens (tertiary/aromatic N) is 2. The molecule has 1 aromatic heterocycles. The zero-order valence-electron chi connectivity index (χ0n) is 17.8. The van der Waals surface area contributed by atoms with Crippen molar-refractivity contribution in [1.82, 2.24) is 15.5 Å². The van der Waals surface area contributed by atoms with E-state index in [1.165, 1.54) is 12.1 Å². The summed E-state index contributed by atoms with van der Waals surface area (Å²) in [5, 5.41) is 9.79. The van der Waals surface area contributed by atoms with Crippen molar-refractivity contribution in [3.63, 3.8) is 0 Å². The first kappa shape index (κ1) is 21.7. The molecule has 0 aliphatic heterocycles. The highest BCUT2D eigenvalue weighted by Gasteiger charge is 2.29. The Morgan fingerprint density at radius 2 is 1.84 bits per heavy atom. The molecule has 1 fully saturated rings. The minimum Gasteiger partial charge on any atom is -0.350 e. The lowest BCUT2D eigenvalue weighted by molar-refractivity contribution is -0.122. The summed E-state index contributed by atoms with van der Waals surface area (Å²) in [6.45, 7) is 1.92. The van der Waals surface area contributed by atoms with Crippen LogP contribution in [0.3, 0.4) is 0 Å². The van der Waals surface area contributed by atoms with Gasteiger partial charge in [-0.15, -0.1) is 0 Å². The first-order chi connectivity index (χ1) is 15.5. The number of rotatable bonds is 9. The molecule has 32 heavy (non-hydrogen) atoms. The molecule has 1 unspecified atom stereocenters. The highest BCUT2D eigenvalue weighted by Crippen LogP contribution is 2.30. The number of carbonyl (C=O) groups excluding carboxylic acids is 2. The van der Waals surface area contributed by atoms with Crippen molar-refractivity contribution in [2.75, 3.05) is 5.32 Å². The normalized spacial score (nSPS) is 14.1. The van der Waals surface area contributed by atoms with Crippen molar-refractivity contribution in [1.29, 1.82) is 0 Å². The molecule has 7 nitrogen and oxygen atoms in total. The fraction of sp³-hybridized carbons (Fsp3) is 0.333. The van der Waals surface area contributed by atoms with E-state index in [0.717, 1.165) is 24.1 Å². The number of halogens is 1. The lowest BCUT2D eigenvalue weighted by atomic mass is 10.1. The van der Waals surface area contributed by atoms with Crippen molar-refractivity contribution < 1.29 is 18.5 Å². The molecule has 2 aromatic carbocycles. The molecule has 8 heteroatoms. The Morgan fingerprint density at radius 3 is 2.53 bits per heavy atom. The maximum atomic E-state index is 13.0. The third kappa shape index (κ3) is 5.78. The Hall–Kier alpha value is -3.55. The molecule has 1 heterocycles. The Labute approximate surface area is 185 Å². The van der Waals surface area contributed by atoms with Crippen LogP contribution in [-0.4, -0.2) is 22.0 Å². The van der Waals surface area contributed by atoms with Crippen LogP contribution in [0.5, 0.6) is 0 Å². The fourth-order valence-corrected chi connectivity index (χ4v) is 3.31. The summed E-state index contributed by atoms with van der Waals surface area (Å²) in [6, 6.07) is 13.2. The van der Waals surface area contributed by atoms with Crippen LogP contribution in [0.4, 0.5) is 10.1 Å². The standard InChI is InChI=1S/C24H25FN4O3/c1-15(16-9-13-20(14-10-16)27-24(31)18-5-6-18)26-21(30)3-2-4-22-28-23(29-32-22)17-7-11-19(25)12-8-17/h7-15,18H,2-6H2,1H3,(H,26,30)(H,27,31). The number of aromatic nitrogens is 2. The number of benzene rings is 2. The van der Waals surface area contributed by atoms with Gasteiger partial charge < -0.3 is 15.2 Å². The summed E-state index contributed by atoms with van der Waals surface area (Å²) in [5.74, 6) is 0.680. The van der Waals surface area contributed by atoms with Crippen LogP contribution in [0.1, 0.15) is 50.1 Å². The highest BCUT2D eigenvalue weighted by atomic mass is 19.1. The molecular formula is C24H25FN4O3. The number of aryl methyl sites for hydroxylation is 1. The first-order valence-electron chi connectivity index (χ1n) is 10.8. The number of hydrogen-bond acceptors (Lipinski definition) is 5. The average molecular weight is 436 g/mol. The minimum atomic E-state index is -0.325. The van der Waals surface area contributed by atoms with Crippen molar-refractivity contribution >= 4 is 17.5 Å². The lowest BCUT2D eigenvalue weighted by Crippen LogP contribution is -2.26. The van der Waals surface area contributed by atoms with E-state index in [1.54, 1.807) is 12.1 Å². The predicted molar refractivity (Wildman–Crippen MR) is 117 cm³/mol. The molecule has 0 spiro atoms. The molecular weight excluding hydrogens is 411 g/mol. The van der Waals surface area contributed by atoms with Crippen LogP contribution in [-0.2, 0) is 16.0 Å². The molecule has 0 bridgehead atoms. The smallest absolute Gasteiger partial charge is 0.227 e. The van der Waals surface area contributed by atoms with Crippen LogP contribution in [0, 0.1) is 11.7 Å². The summed E-state index contributed by atoms with van der Waals surface area (Å²) in [4.78, 5) is 28.4. The topological polar surface area (TPSA) is 97.1 Å². The summed E-state index contributed by atoms with van der Waals surface area (Å²) in [7, 11) is 0. The molecule has 0 saturated heterocycles. The van der Waals surface area contributed by atoms with Crippen LogP contribution < -0.4 is 10.6 Å². The molecule has 1 aliphatic rings. The van der Waals surface area contributed by atoms with Gasteiger partial charge in [0.15, 0.2) is 0 Å². The maximum absolute atomic E-state index is 13.0. The summed E-state index contributed by atoms with van der Waals surface area (Å²) in [5.41, 5.74) is 2.40. The van der Waals surface area contributed by atoms with Gasteiger partial charge in [-0.1, -0.05) is 17.3 Å². The lowest BCUT2D eigenvalue weighted by Gasteiger charge is -2.15. The van der Waals surface area contributed by atoms with E-state index in [9.17, 15) is 14.0 Å². The molecule has 4 rings (SSSR count). The van der Waals surface area contributed by atoms with Gasteiger partial charge in [0.25, 0.3) is 0 Å². The average Bonchev–Trinajstić information content (AvgIpc) is 3.54. The molecule has 166 valence electrons. The number of anilines is 1. The Bertz CT molecular complexity index is 1080. The molecule has 0 radical (unpaired) electrons. The molecule has 1 aliphatic carbocycles. The second-order valence-electron chi connectivity index (χ2n) is 8.05. The van der Waals surface area contributed by atoms with Crippen LogP contribution >= 0.6 is 0 Å². The van der Waals surface area contributed by atoms with E-state index in [-0.39, 0.29) is 29.6 Å². The molecule has 2 N–H and O–H groups in total. The third-order valence-electron chi connectivity index (χ3n) is 5.37. The number of hydrogen-bond donors (Lipinski definition) is 2. The Balaban J connectivity index is 1.21. The van der Waals surface area contributed by atoms with Gasteiger partial charge in [-0.05, 0) is 68.1 Å². The monoisotopic (exact) mass is 436 g/mol. The van der Waals surface area contributed by atoms with Crippen LogP contribution in [0.25, 0.3) is 11.4 Å². The fourth-order valence-electron chi connectivity index (χ4n) is 3.31. The van der Waals surface area contributed by atoms with Gasteiger partial charge in [0.2, 0.25) is 23.5 Å². The van der Waals surface area contributed by atoms with Crippen molar-refractivity contribution in [2.24, 2.45) is 5.92 Å². The molecule has 1 atom stereocenters. The molecule has 2 amide bonds. The second kappa shape index (κ2) is 9.72. The van der Waals surface area contributed by atoms with Crippen LogP contribution in [0.15, 0.2) is 53.1 Å². The van der Waals surface area contributed by atoms with E-state index < -0.39 is 0 Å². The molecule has 1 saturated carbocycles. The van der Waals surface area contributed by atoms with Crippen molar-refractivity contribution in [2.45, 2.75) is 45.1 Å².